The molecule has 1 aromatic heterocycles. The van der Waals surface area contributed by atoms with Crippen molar-refractivity contribution in [3.8, 4) is 17.5 Å². The molecule has 1 heterocycles. The molecule has 0 bridgehead atoms. The molecule has 6 nitrogen and oxygen atoms in total. The topological polar surface area (TPSA) is 79.9 Å². The van der Waals surface area contributed by atoms with Crippen LogP contribution in [0.3, 0.4) is 0 Å². The van der Waals surface area contributed by atoms with Crippen molar-refractivity contribution < 1.29 is 9.53 Å². The number of hydrogen-bond donors (Lipinski definition) is 1. The third-order valence-electron chi connectivity index (χ3n) is 3.82. The van der Waals surface area contributed by atoms with Crippen molar-refractivity contribution in [2.24, 2.45) is 0 Å². The van der Waals surface area contributed by atoms with E-state index in [9.17, 15) is 4.79 Å². The minimum absolute atomic E-state index is 0.356. The lowest BCUT2D eigenvalue weighted by atomic mass is 10.2. The van der Waals surface area contributed by atoms with E-state index in [1.54, 1.807) is 54.1 Å². The summed E-state index contributed by atoms with van der Waals surface area (Å²) in [6.45, 7) is 3.45. The summed E-state index contributed by atoms with van der Waals surface area (Å²) >= 11 is 6.05. The summed E-state index contributed by atoms with van der Waals surface area (Å²) in [7, 11) is 0. The van der Waals surface area contributed by atoms with E-state index in [2.05, 4.69) is 10.4 Å². The Labute approximate surface area is 161 Å². The summed E-state index contributed by atoms with van der Waals surface area (Å²) in [6, 6.07) is 17.8. The number of amides is 1. The van der Waals surface area contributed by atoms with Crippen molar-refractivity contribution >= 4 is 23.3 Å². The van der Waals surface area contributed by atoms with Crippen molar-refractivity contribution in [1.82, 2.24) is 9.78 Å². The fourth-order valence-corrected chi connectivity index (χ4v) is 2.71. The molecule has 0 spiro atoms. The highest BCUT2D eigenvalue weighted by molar-refractivity contribution is 6.30. The van der Waals surface area contributed by atoms with Crippen LogP contribution in [0.1, 0.15) is 18.2 Å². The van der Waals surface area contributed by atoms with Crippen molar-refractivity contribution in [2.75, 3.05) is 5.32 Å². The second kappa shape index (κ2) is 7.94. The van der Waals surface area contributed by atoms with Gasteiger partial charge in [-0.25, -0.2) is 4.68 Å². The van der Waals surface area contributed by atoms with Crippen LogP contribution in [0.15, 0.2) is 54.6 Å². The molecule has 7 heteroatoms. The first-order valence-corrected chi connectivity index (χ1v) is 8.65. The first-order chi connectivity index (χ1) is 13.0. The standard InChI is InChI=1S/C20H17ClN4O2/c1-13-10-19(25(24-13)17-8-5-7-16(21)11-17)23-20(26)14(2)27-18-9-4-3-6-15(18)12-22/h3-11,14H,1-2H3,(H,23,26). The smallest absolute Gasteiger partial charge is 0.266 e. The summed E-state index contributed by atoms with van der Waals surface area (Å²) < 4.78 is 7.26. The number of benzene rings is 2. The van der Waals surface area contributed by atoms with Gasteiger partial charge < -0.3 is 10.1 Å². The second-order valence-electron chi connectivity index (χ2n) is 5.92. The minimum Gasteiger partial charge on any atom is -0.480 e. The quantitative estimate of drug-likeness (QED) is 0.722. The van der Waals surface area contributed by atoms with Crippen LogP contribution in [0.5, 0.6) is 5.75 Å². The molecule has 2 aromatic carbocycles. The number of aryl methyl sites for hydroxylation is 1. The zero-order valence-electron chi connectivity index (χ0n) is 14.8. The van der Waals surface area contributed by atoms with Gasteiger partial charge in [-0.05, 0) is 44.2 Å². The van der Waals surface area contributed by atoms with Gasteiger partial charge in [-0.15, -0.1) is 0 Å². The van der Waals surface area contributed by atoms with Crippen LogP contribution >= 0.6 is 11.6 Å². The van der Waals surface area contributed by atoms with Crippen molar-refractivity contribution in [3.63, 3.8) is 0 Å². The summed E-state index contributed by atoms with van der Waals surface area (Å²) in [4.78, 5) is 12.6. The third-order valence-corrected chi connectivity index (χ3v) is 4.05. The van der Waals surface area contributed by atoms with Gasteiger partial charge in [-0.2, -0.15) is 10.4 Å². The number of halogens is 1. The van der Waals surface area contributed by atoms with Gasteiger partial charge in [0.25, 0.3) is 5.91 Å². The molecule has 27 heavy (non-hydrogen) atoms. The van der Waals surface area contributed by atoms with Crippen molar-refractivity contribution in [3.05, 3.63) is 70.9 Å². The summed E-state index contributed by atoms with van der Waals surface area (Å²) in [5, 5.41) is 16.9. The number of nitrogens with zero attached hydrogens (tertiary/aromatic N) is 3. The van der Waals surface area contributed by atoms with Gasteiger partial charge in [-0.1, -0.05) is 29.8 Å². The van der Waals surface area contributed by atoms with Crippen LogP contribution < -0.4 is 10.1 Å². The van der Waals surface area contributed by atoms with Gasteiger partial charge in [0.15, 0.2) is 6.10 Å². The molecule has 3 rings (SSSR count). The monoisotopic (exact) mass is 380 g/mol. The lowest BCUT2D eigenvalue weighted by Crippen LogP contribution is -2.31. The Kier molecular flexibility index (Phi) is 5.43. The number of para-hydroxylation sites is 1. The Morgan fingerprint density at radius 2 is 2.04 bits per heavy atom. The van der Waals surface area contributed by atoms with E-state index in [0.717, 1.165) is 11.4 Å². The SMILES string of the molecule is Cc1cc(NC(=O)C(C)Oc2ccccc2C#N)n(-c2cccc(Cl)c2)n1. The first-order valence-electron chi connectivity index (χ1n) is 8.27. The third kappa shape index (κ3) is 4.27. The number of anilines is 1. The van der Waals surface area contributed by atoms with Gasteiger partial charge in [-0.3, -0.25) is 4.79 Å². The average molecular weight is 381 g/mol. The number of nitrogens with one attached hydrogen (secondary N) is 1. The highest BCUT2D eigenvalue weighted by Gasteiger charge is 2.19. The highest BCUT2D eigenvalue weighted by atomic mass is 35.5. The van der Waals surface area contributed by atoms with Crippen LogP contribution in [-0.2, 0) is 4.79 Å². The van der Waals surface area contributed by atoms with Crippen molar-refractivity contribution in [1.29, 1.82) is 5.26 Å². The van der Waals surface area contributed by atoms with Crippen LogP contribution in [-0.4, -0.2) is 21.8 Å². The summed E-state index contributed by atoms with van der Waals surface area (Å²) in [5.41, 5.74) is 1.85. The molecule has 0 saturated carbocycles. The minimum atomic E-state index is -0.803. The van der Waals surface area contributed by atoms with E-state index in [4.69, 9.17) is 21.6 Å². The van der Waals surface area contributed by atoms with Crippen molar-refractivity contribution in [2.45, 2.75) is 20.0 Å². The Hall–Kier alpha value is -3.30. The predicted molar refractivity (Wildman–Crippen MR) is 103 cm³/mol. The predicted octanol–water partition coefficient (Wildman–Crippen LogP) is 4.11. The highest BCUT2D eigenvalue weighted by Crippen LogP contribution is 2.22. The molecule has 1 unspecified atom stereocenters. The van der Waals surface area contributed by atoms with E-state index in [1.807, 2.05) is 25.1 Å². The number of carbonyl (C=O) groups is 1. The molecule has 3 aromatic rings. The maximum atomic E-state index is 12.6. The number of carbonyl (C=O) groups excluding carboxylic acids is 1. The van der Waals surface area contributed by atoms with Crippen LogP contribution in [0.4, 0.5) is 5.82 Å². The molecule has 136 valence electrons. The lowest BCUT2D eigenvalue weighted by molar-refractivity contribution is -0.122. The van der Waals surface area contributed by atoms with Gasteiger partial charge in [0.05, 0.1) is 16.9 Å². The molecule has 0 aliphatic heterocycles. The molecule has 0 fully saturated rings. The molecule has 0 saturated heterocycles. The van der Waals surface area contributed by atoms with Crippen LogP contribution in [0.2, 0.25) is 5.02 Å². The summed E-state index contributed by atoms with van der Waals surface area (Å²) in [5.74, 6) is 0.511. The Bertz CT molecular complexity index is 1020. The molecule has 1 N–H and O–H groups in total. The molecular weight excluding hydrogens is 364 g/mol. The van der Waals surface area contributed by atoms with Gasteiger partial charge in [0.2, 0.25) is 0 Å². The zero-order valence-corrected chi connectivity index (χ0v) is 15.6. The van der Waals surface area contributed by atoms with Gasteiger partial charge >= 0.3 is 0 Å². The molecule has 0 aliphatic rings. The molecular formula is C20H17ClN4O2. The fraction of sp³-hybridized carbons (Fsp3) is 0.150. The largest absolute Gasteiger partial charge is 0.480 e. The Morgan fingerprint density at radius 1 is 1.26 bits per heavy atom. The Morgan fingerprint density at radius 3 is 2.78 bits per heavy atom. The number of aromatic nitrogens is 2. The van der Waals surface area contributed by atoms with Gasteiger partial charge in [0.1, 0.15) is 17.6 Å². The molecule has 1 amide bonds. The van der Waals surface area contributed by atoms with Crippen LogP contribution in [0, 0.1) is 18.3 Å². The maximum absolute atomic E-state index is 12.6. The summed E-state index contributed by atoms with van der Waals surface area (Å²) in [6.07, 6.45) is -0.803. The average Bonchev–Trinajstić information content (AvgIpc) is 3.02. The van der Waals surface area contributed by atoms with E-state index in [1.165, 1.54) is 0 Å². The van der Waals surface area contributed by atoms with Gasteiger partial charge in [0, 0.05) is 11.1 Å². The zero-order chi connectivity index (χ0) is 19.4. The first kappa shape index (κ1) is 18.5. The fourth-order valence-electron chi connectivity index (χ4n) is 2.53. The number of nitriles is 1. The molecule has 1 atom stereocenters. The molecule has 0 radical (unpaired) electrons. The normalized spacial score (nSPS) is 11.5. The maximum Gasteiger partial charge on any atom is 0.266 e. The van der Waals surface area contributed by atoms with E-state index < -0.39 is 6.10 Å². The Balaban J connectivity index is 1.79. The second-order valence-corrected chi connectivity index (χ2v) is 6.36. The number of ether oxygens (including phenoxy) is 1. The lowest BCUT2D eigenvalue weighted by Gasteiger charge is -2.16. The number of rotatable bonds is 5. The van der Waals surface area contributed by atoms with Crippen LogP contribution in [0.25, 0.3) is 5.69 Å². The van der Waals surface area contributed by atoms with E-state index in [-0.39, 0.29) is 5.91 Å². The molecule has 0 aliphatic carbocycles. The van der Waals surface area contributed by atoms with E-state index in [0.29, 0.717) is 22.2 Å². The van der Waals surface area contributed by atoms with E-state index >= 15 is 0 Å². The number of hydrogen-bond acceptors (Lipinski definition) is 4.